The zero-order valence-corrected chi connectivity index (χ0v) is 27.5. The molecule has 8 nitrogen and oxygen atoms in total. The fourth-order valence-corrected chi connectivity index (χ4v) is 5.56. The summed E-state index contributed by atoms with van der Waals surface area (Å²) in [6, 6.07) is 21.5. The number of carbonyl (C=O) groups excluding carboxylic acids is 1. The van der Waals surface area contributed by atoms with E-state index in [0.717, 1.165) is 51.1 Å². The Balaban J connectivity index is 1.47. The van der Waals surface area contributed by atoms with Gasteiger partial charge in [-0.25, -0.2) is 9.78 Å². The number of benzene rings is 2. The first kappa shape index (κ1) is 32.4. The van der Waals surface area contributed by atoms with Crippen molar-refractivity contribution in [2.75, 3.05) is 23.4 Å². The van der Waals surface area contributed by atoms with E-state index in [2.05, 4.69) is 72.2 Å². The lowest BCUT2D eigenvalue weighted by atomic mass is 9.88. The molecular formula is C38H43N5O3. The van der Waals surface area contributed by atoms with Gasteiger partial charge >= 0.3 is 6.03 Å². The number of urea groups is 1. The summed E-state index contributed by atoms with van der Waals surface area (Å²) in [5.41, 5.74) is 6.50. The highest BCUT2D eigenvalue weighted by Crippen LogP contribution is 2.38. The van der Waals surface area contributed by atoms with E-state index in [4.69, 9.17) is 4.74 Å². The minimum atomic E-state index is -0.354. The molecule has 8 heteroatoms. The standard InChI is InChI=1S/C38H43N5O3/c1-24(2)23-43(34-21-29-12-9-16-40-36(29)42-37(34)44)38(45)41-35-32(25(3)4)19-30(20-33(35)26(5)6)28-11-7-13-31(18-28)46-17-14-27-10-8-15-39-22-27/h7-13,15-16,18-22,24-26H,14,17,23H2,1-6H3,(H,41,45)(H,40,42,44). The zero-order chi connectivity index (χ0) is 32.8. The Hall–Kier alpha value is -4.98. The third-order valence-corrected chi connectivity index (χ3v) is 7.90. The Kier molecular flexibility index (Phi) is 10.2. The van der Waals surface area contributed by atoms with E-state index >= 15 is 0 Å². The average Bonchev–Trinajstić information content (AvgIpc) is 3.03. The number of H-pyrrole nitrogens is 1. The highest BCUT2D eigenvalue weighted by Gasteiger charge is 2.25. The van der Waals surface area contributed by atoms with Gasteiger partial charge in [0.05, 0.1) is 6.61 Å². The molecule has 3 aromatic heterocycles. The molecule has 5 rings (SSSR count). The minimum absolute atomic E-state index is 0.125. The van der Waals surface area contributed by atoms with Crippen molar-refractivity contribution < 1.29 is 9.53 Å². The molecule has 2 aromatic carbocycles. The number of amides is 2. The molecule has 2 amide bonds. The van der Waals surface area contributed by atoms with E-state index in [1.54, 1.807) is 23.4 Å². The molecule has 5 aromatic rings. The maximum atomic E-state index is 14.1. The molecular weight excluding hydrogens is 574 g/mol. The molecule has 0 aliphatic heterocycles. The molecule has 2 N–H and O–H groups in total. The third-order valence-electron chi connectivity index (χ3n) is 7.90. The second-order valence-corrected chi connectivity index (χ2v) is 12.7. The van der Waals surface area contributed by atoms with Crippen molar-refractivity contribution in [2.45, 2.75) is 59.8 Å². The Labute approximate surface area is 270 Å². The minimum Gasteiger partial charge on any atom is -0.493 e. The number of carbonyl (C=O) groups is 1. The first-order valence-corrected chi connectivity index (χ1v) is 16.0. The number of anilines is 2. The summed E-state index contributed by atoms with van der Waals surface area (Å²) in [7, 11) is 0. The van der Waals surface area contributed by atoms with Crippen molar-refractivity contribution in [1.29, 1.82) is 0 Å². The van der Waals surface area contributed by atoms with E-state index in [1.165, 1.54) is 0 Å². The Morgan fingerprint density at radius 3 is 2.30 bits per heavy atom. The summed E-state index contributed by atoms with van der Waals surface area (Å²) in [6.45, 7) is 13.5. The van der Waals surface area contributed by atoms with Crippen LogP contribution >= 0.6 is 0 Å². The maximum absolute atomic E-state index is 14.1. The van der Waals surface area contributed by atoms with Crippen LogP contribution in [-0.2, 0) is 6.42 Å². The summed E-state index contributed by atoms with van der Waals surface area (Å²) in [5, 5.41) is 4.00. The lowest BCUT2D eigenvalue weighted by Crippen LogP contribution is -2.41. The molecule has 0 spiro atoms. The van der Waals surface area contributed by atoms with E-state index in [-0.39, 0.29) is 29.3 Å². The van der Waals surface area contributed by atoms with E-state index in [9.17, 15) is 9.59 Å². The van der Waals surface area contributed by atoms with Gasteiger partial charge in [0.25, 0.3) is 5.56 Å². The van der Waals surface area contributed by atoms with Crippen molar-refractivity contribution in [2.24, 2.45) is 5.92 Å². The summed E-state index contributed by atoms with van der Waals surface area (Å²) in [5.74, 6) is 1.18. The van der Waals surface area contributed by atoms with Crippen LogP contribution in [0.2, 0.25) is 0 Å². The van der Waals surface area contributed by atoms with Crippen molar-refractivity contribution in [3.05, 3.63) is 112 Å². The molecule has 0 unspecified atom stereocenters. The highest BCUT2D eigenvalue weighted by atomic mass is 16.5. The Morgan fingerprint density at radius 2 is 1.63 bits per heavy atom. The highest BCUT2D eigenvalue weighted by molar-refractivity contribution is 6.03. The second kappa shape index (κ2) is 14.4. The number of aromatic amines is 1. The van der Waals surface area contributed by atoms with Crippen LogP contribution in [-0.4, -0.2) is 34.1 Å². The van der Waals surface area contributed by atoms with E-state index in [1.807, 2.05) is 56.4 Å². The van der Waals surface area contributed by atoms with Crippen LogP contribution in [0.1, 0.15) is 70.1 Å². The van der Waals surface area contributed by atoms with Gasteiger partial charge in [-0.05, 0) is 94.1 Å². The molecule has 238 valence electrons. The fourth-order valence-electron chi connectivity index (χ4n) is 5.56. The van der Waals surface area contributed by atoms with E-state index < -0.39 is 0 Å². The summed E-state index contributed by atoms with van der Waals surface area (Å²) in [6.07, 6.45) is 6.04. The molecule has 0 bridgehead atoms. The SMILES string of the molecule is CC(C)CN(C(=O)Nc1c(C(C)C)cc(-c2cccc(OCCc3cccnc3)c2)cc1C(C)C)c1cc2cccnc2[nH]c1=O. The largest absolute Gasteiger partial charge is 0.493 e. The topological polar surface area (TPSA) is 100 Å². The van der Waals surface area contributed by atoms with Crippen LogP contribution in [0.5, 0.6) is 5.75 Å². The van der Waals surface area contributed by atoms with Crippen molar-refractivity contribution in [1.82, 2.24) is 15.0 Å². The van der Waals surface area contributed by atoms with Crippen LogP contribution in [0.25, 0.3) is 22.2 Å². The number of hydrogen-bond donors (Lipinski definition) is 2. The van der Waals surface area contributed by atoms with Gasteiger partial charge in [0.15, 0.2) is 0 Å². The molecule has 0 atom stereocenters. The van der Waals surface area contributed by atoms with Crippen LogP contribution in [0.15, 0.2) is 90.1 Å². The summed E-state index contributed by atoms with van der Waals surface area (Å²) in [4.78, 5) is 40.1. The second-order valence-electron chi connectivity index (χ2n) is 12.7. The third kappa shape index (κ3) is 7.62. The van der Waals surface area contributed by atoms with Gasteiger partial charge in [0, 0.05) is 42.6 Å². The smallest absolute Gasteiger partial charge is 0.326 e. The molecule has 46 heavy (non-hydrogen) atoms. The molecule has 0 aliphatic carbocycles. The predicted octanol–water partition coefficient (Wildman–Crippen LogP) is 8.55. The van der Waals surface area contributed by atoms with Gasteiger partial charge in [0.1, 0.15) is 17.1 Å². The van der Waals surface area contributed by atoms with E-state index in [0.29, 0.717) is 24.5 Å². The number of pyridine rings is 3. The molecule has 0 aliphatic rings. The number of nitrogens with zero attached hydrogens (tertiary/aromatic N) is 3. The van der Waals surface area contributed by atoms with Crippen molar-refractivity contribution in [3.63, 3.8) is 0 Å². The molecule has 3 heterocycles. The van der Waals surface area contributed by atoms with Gasteiger partial charge in [-0.1, -0.05) is 59.7 Å². The van der Waals surface area contributed by atoms with Crippen LogP contribution < -0.4 is 20.5 Å². The van der Waals surface area contributed by atoms with Gasteiger partial charge < -0.3 is 15.0 Å². The van der Waals surface area contributed by atoms with Crippen LogP contribution in [0.3, 0.4) is 0 Å². The normalized spacial score (nSPS) is 11.4. The van der Waals surface area contributed by atoms with Crippen LogP contribution in [0, 0.1) is 5.92 Å². The first-order chi connectivity index (χ1) is 22.1. The van der Waals surface area contributed by atoms with Gasteiger partial charge in [0.2, 0.25) is 0 Å². The Morgan fingerprint density at radius 1 is 0.891 bits per heavy atom. The predicted molar refractivity (Wildman–Crippen MR) is 187 cm³/mol. The number of aromatic nitrogens is 3. The van der Waals surface area contributed by atoms with Crippen LogP contribution in [0.4, 0.5) is 16.2 Å². The summed E-state index contributed by atoms with van der Waals surface area (Å²) < 4.78 is 6.12. The monoisotopic (exact) mass is 617 g/mol. The number of hydrogen-bond acceptors (Lipinski definition) is 5. The molecule has 0 saturated carbocycles. The lowest BCUT2D eigenvalue weighted by molar-refractivity contribution is 0.256. The first-order valence-electron chi connectivity index (χ1n) is 16.0. The van der Waals surface area contributed by atoms with Gasteiger partial charge in [-0.15, -0.1) is 0 Å². The van der Waals surface area contributed by atoms with Gasteiger partial charge in [-0.3, -0.25) is 14.7 Å². The number of nitrogens with one attached hydrogen (secondary N) is 2. The van der Waals surface area contributed by atoms with Crippen molar-refractivity contribution >= 4 is 28.4 Å². The number of ether oxygens (including phenoxy) is 1. The average molecular weight is 618 g/mol. The molecule has 0 radical (unpaired) electrons. The fraction of sp³-hybridized carbons (Fsp3) is 0.316. The Bertz CT molecular complexity index is 1840. The maximum Gasteiger partial charge on any atom is 0.326 e. The quantitative estimate of drug-likeness (QED) is 0.155. The zero-order valence-electron chi connectivity index (χ0n) is 27.5. The van der Waals surface area contributed by atoms with Gasteiger partial charge in [-0.2, -0.15) is 0 Å². The molecule has 0 fully saturated rings. The van der Waals surface area contributed by atoms with Crippen molar-refractivity contribution in [3.8, 4) is 16.9 Å². The number of rotatable bonds is 11. The molecule has 0 saturated heterocycles. The summed E-state index contributed by atoms with van der Waals surface area (Å²) >= 11 is 0. The lowest BCUT2D eigenvalue weighted by Gasteiger charge is -2.28. The number of fused-ring (bicyclic) bond motifs is 1.